The number of pyridine rings is 1. The van der Waals surface area contributed by atoms with Crippen LogP contribution in [0.15, 0.2) is 24.5 Å². The van der Waals surface area contributed by atoms with Crippen LogP contribution in [0.3, 0.4) is 0 Å². The Labute approximate surface area is 135 Å². The quantitative estimate of drug-likeness (QED) is 0.943. The van der Waals surface area contributed by atoms with E-state index in [9.17, 15) is 4.79 Å². The van der Waals surface area contributed by atoms with Gasteiger partial charge in [0.05, 0.1) is 17.3 Å². The maximum atomic E-state index is 12.3. The Kier molecular flexibility index (Phi) is 4.52. The van der Waals surface area contributed by atoms with Gasteiger partial charge in [-0.2, -0.15) is 0 Å². The number of nitrogens with zero attached hydrogens (tertiary/aromatic N) is 3. The summed E-state index contributed by atoms with van der Waals surface area (Å²) in [5.41, 5.74) is 1.66. The molecule has 0 aliphatic carbocycles. The van der Waals surface area contributed by atoms with E-state index in [1.165, 1.54) is 6.42 Å². The molecule has 1 unspecified atom stereocenters. The fraction of sp³-hybridized carbons (Fsp3) is 0.500. The number of amides is 2. The van der Waals surface area contributed by atoms with Crippen LogP contribution in [0.2, 0.25) is 5.02 Å². The van der Waals surface area contributed by atoms with E-state index < -0.39 is 0 Å². The minimum Gasteiger partial charge on any atom is -0.332 e. The molecular formula is C16H21ClN4O. The number of halogens is 1. The third-order valence-electron chi connectivity index (χ3n) is 4.27. The van der Waals surface area contributed by atoms with Gasteiger partial charge in [-0.15, -0.1) is 0 Å². The molecule has 5 nitrogen and oxygen atoms in total. The highest BCUT2D eigenvalue weighted by Gasteiger charge is 2.22. The Morgan fingerprint density at radius 1 is 1.45 bits per heavy atom. The van der Waals surface area contributed by atoms with Gasteiger partial charge >= 0.3 is 6.03 Å². The summed E-state index contributed by atoms with van der Waals surface area (Å²) < 4.78 is 1.87. The molecule has 2 aromatic rings. The van der Waals surface area contributed by atoms with Gasteiger partial charge in [-0.1, -0.05) is 24.9 Å². The fourth-order valence-electron chi connectivity index (χ4n) is 2.96. The lowest BCUT2D eigenvalue weighted by atomic mass is 9.96. The Morgan fingerprint density at radius 2 is 2.32 bits per heavy atom. The molecule has 1 atom stereocenters. The van der Waals surface area contributed by atoms with Crippen molar-refractivity contribution in [3.63, 3.8) is 0 Å². The van der Waals surface area contributed by atoms with E-state index >= 15 is 0 Å². The molecule has 6 heteroatoms. The van der Waals surface area contributed by atoms with Crippen molar-refractivity contribution in [1.29, 1.82) is 0 Å². The molecule has 2 aromatic heterocycles. The summed E-state index contributed by atoms with van der Waals surface area (Å²) in [5, 5.41) is 3.63. The number of carbonyl (C=O) groups is 1. The van der Waals surface area contributed by atoms with Gasteiger partial charge in [-0.05, 0) is 30.9 Å². The third kappa shape index (κ3) is 3.35. The van der Waals surface area contributed by atoms with E-state index in [1.54, 1.807) is 0 Å². The van der Waals surface area contributed by atoms with Crippen molar-refractivity contribution in [1.82, 2.24) is 19.6 Å². The lowest BCUT2D eigenvalue weighted by Gasteiger charge is -2.32. The summed E-state index contributed by atoms with van der Waals surface area (Å²) in [5.74, 6) is 0.636. The molecule has 0 saturated carbocycles. The molecule has 1 N–H and O–H groups in total. The van der Waals surface area contributed by atoms with E-state index in [4.69, 9.17) is 11.6 Å². The highest BCUT2D eigenvalue weighted by Crippen LogP contribution is 2.19. The van der Waals surface area contributed by atoms with Crippen LogP contribution in [0.5, 0.6) is 0 Å². The molecule has 0 aromatic carbocycles. The Morgan fingerprint density at radius 3 is 3.14 bits per heavy atom. The van der Waals surface area contributed by atoms with Crippen LogP contribution in [0.4, 0.5) is 4.79 Å². The molecule has 22 heavy (non-hydrogen) atoms. The average Bonchev–Trinajstić information content (AvgIpc) is 2.94. The van der Waals surface area contributed by atoms with Crippen molar-refractivity contribution in [3.05, 3.63) is 35.2 Å². The number of piperidine rings is 1. The highest BCUT2D eigenvalue weighted by molar-refractivity contribution is 6.30. The van der Waals surface area contributed by atoms with Crippen LogP contribution in [0.1, 0.15) is 31.9 Å². The van der Waals surface area contributed by atoms with E-state index in [2.05, 4.69) is 17.2 Å². The summed E-state index contributed by atoms with van der Waals surface area (Å²) in [6, 6.07) is 3.68. The number of rotatable bonds is 3. The third-order valence-corrected chi connectivity index (χ3v) is 4.49. The number of aromatic nitrogens is 2. The zero-order valence-electron chi connectivity index (χ0n) is 12.8. The van der Waals surface area contributed by atoms with Crippen LogP contribution in [-0.2, 0) is 6.54 Å². The second kappa shape index (κ2) is 6.57. The molecule has 2 amide bonds. The van der Waals surface area contributed by atoms with Crippen LogP contribution in [-0.4, -0.2) is 33.4 Å². The first-order valence-corrected chi connectivity index (χ1v) is 8.19. The number of imidazole rings is 1. The molecule has 3 heterocycles. The van der Waals surface area contributed by atoms with Gasteiger partial charge in [-0.25, -0.2) is 9.78 Å². The molecule has 1 aliphatic heterocycles. The van der Waals surface area contributed by atoms with Gasteiger partial charge < -0.3 is 14.6 Å². The summed E-state index contributed by atoms with van der Waals surface area (Å²) in [6.45, 7) is 4.34. The van der Waals surface area contributed by atoms with Crippen LogP contribution < -0.4 is 5.32 Å². The summed E-state index contributed by atoms with van der Waals surface area (Å²) in [7, 11) is 0. The van der Waals surface area contributed by atoms with Gasteiger partial charge in [-0.3, -0.25) is 0 Å². The smallest absolute Gasteiger partial charge is 0.317 e. The Hall–Kier alpha value is -1.75. The number of carbonyl (C=O) groups excluding carboxylic acids is 1. The summed E-state index contributed by atoms with van der Waals surface area (Å²) >= 11 is 5.96. The first kappa shape index (κ1) is 15.2. The number of urea groups is 1. The van der Waals surface area contributed by atoms with Crippen LogP contribution in [0.25, 0.3) is 5.65 Å². The normalized spacial score (nSPS) is 18.6. The Balaban J connectivity index is 1.59. The van der Waals surface area contributed by atoms with Gasteiger partial charge in [0.1, 0.15) is 5.65 Å². The average molecular weight is 321 g/mol. The van der Waals surface area contributed by atoms with Crippen molar-refractivity contribution >= 4 is 23.3 Å². The maximum Gasteiger partial charge on any atom is 0.317 e. The van der Waals surface area contributed by atoms with Gasteiger partial charge in [0.2, 0.25) is 0 Å². The molecular weight excluding hydrogens is 300 g/mol. The zero-order valence-corrected chi connectivity index (χ0v) is 13.5. The second-order valence-corrected chi connectivity index (χ2v) is 6.30. The van der Waals surface area contributed by atoms with E-state index in [0.29, 0.717) is 17.5 Å². The second-order valence-electron chi connectivity index (χ2n) is 5.87. The van der Waals surface area contributed by atoms with Gasteiger partial charge in [0, 0.05) is 25.5 Å². The fourth-order valence-corrected chi connectivity index (χ4v) is 3.13. The van der Waals surface area contributed by atoms with Crippen molar-refractivity contribution < 1.29 is 4.79 Å². The monoisotopic (exact) mass is 320 g/mol. The SMILES string of the molecule is CCC1CCCN(C(=O)NCc2cn3cc(Cl)ccc3n2)C1. The predicted molar refractivity (Wildman–Crippen MR) is 87.0 cm³/mol. The number of nitrogens with one attached hydrogen (secondary N) is 1. The largest absolute Gasteiger partial charge is 0.332 e. The van der Waals surface area contributed by atoms with Crippen LogP contribution in [0, 0.1) is 5.92 Å². The maximum absolute atomic E-state index is 12.3. The first-order valence-electron chi connectivity index (χ1n) is 7.81. The number of fused-ring (bicyclic) bond motifs is 1. The van der Waals surface area contributed by atoms with Crippen molar-refractivity contribution in [2.75, 3.05) is 13.1 Å². The first-order chi connectivity index (χ1) is 10.7. The number of hydrogen-bond acceptors (Lipinski definition) is 2. The van der Waals surface area contributed by atoms with Crippen molar-refractivity contribution in [2.45, 2.75) is 32.7 Å². The Bertz CT molecular complexity index is 669. The molecule has 3 rings (SSSR count). The number of likely N-dealkylation sites (tertiary alicyclic amines) is 1. The van der Waals surface area contributed by atoms with Crippen molar-refractivity contribution in [3.8, 4) is 0 Å². The van der Waals surface area contributed by atoms with E-state index in [1.807, 2.05) is 33.8 Å². The van der Waals surface area contributed by atoms with Gasteiger partial charge in [0.25, 0.3) is 0 Å². The molecule has 1 fully saturated rings. The minimum atomic E-state index is 0.00763. The molecule has 0 radical (unpaired) electrons. The number of hydrogen-bond donors (Lipinski definition) is 1. The van der Waals surface area contributed by atoms with E-state index in [-0.39, 0.29) is 6.03 Å². The molecule has 118 valence electrons. The lowest BCUT2D eigenvalue weighted by Crippen LogP contribution is -2.45. The standard InChI is InChI=1S/C16H21ClN4O/c1-2-12-4-3-7-20(9-12)16(22)18-8-14-11-21-10-13(17)5-6-15(21)19-14/h5-6,10-12H,2-4,7-9H2,1H3,(H,18,22). The van der Waals surface area contributed by atoms with Crippen LogP contribution >= 0.6 is 11.6 Å². The molecule has 0 bridgehead atoms. The molecule has 1 saturated heterocycles. The highest BCUT2D eigenvalue weighted by atomic mass is 35.5. The molecule has 1 aliphatic rings. The predicted octanol–water partition coefficient (Wildman–Crippen LogP) is 3.32. The van der Waals surface area contributed by atoms with Gasteiger partial charge in [0.15, 0.2) is 0 Å². The van der Waals surface area contributed by atoms with E-state index in [0.717, 1.165) is 37.3 Å². The lowest BCUT2D eigenvalue weighted by molar-refractivity contribution is 0.163. The van der Waals surface area contributed by atoms with Crippen molar-refractivity contribution in [2.24, 2.45) is 5.92 Å². The summed E-state index contributed by atoms with van der Waals surface area (Å²) in [4.78, 5) is 18.7. The molecule has 0 spiro atoms. The summed E-state index contributed by atoms with van der Waals surface area (Å²) in [6.07, 6.45) is 7.17. The minimum absolute atomic E-state index is 0.00763. The topological polar surface area (TPSA) is 49.6 Å². The zero-order chi connectivity index (χ0) is 15.5.